The predicted octanol–water partition coefficient (Wildman–Crippen LogP) is 3.03. The first kappa shape index (κ1) is 13.6. The summed E-state index contributed by atoms with van der Waals surface area (Å²) in [6, 6.07) is 0. The van der Waals surface area contributed by atoms with Crippen molar-refractivity contribution in [1.82, 2.24) is 15.1 Å². The third-order valence-electron chi connectivity index (χ3n) is 4.30. The lowest BCUT2D eigenvalue weighted by molar-refractivity contribution is 0.275. The van der Waals surface area contributed by atoms with Gasteiger partial charge in [0.25, 0.3) is 0 Å². The van der Waals surface area contributed by atoms with Gasteiger partial charge in [0.1, 0.15) is 0 Å². The van der Waals surface area contributed by atoms with E-state index in [1.165, 1.54) is 37.7 Å². The van der Waals surface area contributed by atoms with Gasteiger partial charge in [-0.15, -0.1) is 0 Å². The Labute approximate surface area is 111 Å². The molecule has 1 heterocycles. The highest BCUT2D eigenvalue weighted by Gasteiger charge is 2.17. The smallest absolute Gasteiger partial charge is 0.0638 e. The molecule has 1 N–H and O–H groups in total. The van der Waals surface area contributed by atoms with Gasteiger partial charge in [-0.05, 0) is 31.7 Å². The monoisotopic (exact) mass is 249 g/mol. The van der Waals surface area contributed by atoms with E-state index in [-0.39, 0.29) is 0 Å². The summed E-state index contributed by atoms with van der Waals surface area (Å²) in [7, 11) is 1.99. The summed E-state index contributed by atoms with van der Waals surface area (Å²) >= 11 is 0. The quantitative estimate of drug-likeness (QED) is 0.813. The Bertz CT molecular complexity index is 362. The Hall–Kier alpha value is -0.830. The number of nitrogens with zero attached hydrogens (tertiary/aromatic N) is 2. The minimum absolute atomic E-state index is 0.961. The normalized spacial score (nSPS) is 24.4. The fourth-order valence-electron chi connectivity index (χ4n) is 2.97. The van der Waals surface area contributed by atoms with Crippen LogP contribution in [0.15, 0.2) is 6.20 Å². The lowest BCUT2D eigenvalue weighted by Gasteiger charge is -2.26. The van der Waals surface area contributed by atoms with Crippen LogP contribution in [-0.2, 0) is 13.6 Å². The first-order valence-electron chi connectivity index (χ1n) is 7.35. The first-order valence-corrected chi connectivity index (χ1v) is 7.35. The molecule has 1 aromatic rings. The number of hydrogen-bond acceptors (Lipinski definition) is 2. The SMILES string of the molecule is Cc1nn(C)cc1CNCCC1CCC(C)CC1. The van der Waals surface area contributed by atoms with Crippen LogP contribution in [0.3, 0.4) is 0 Å². The van der Waals surface area contributed by atoms with Crippen molar-refractivity contribution in [3.63, 3.8) is 0 Å². The van der Waals surface area contributed by atoms with Crippen molar-refractivity contribution in [2.24, 2.45) is 18.9 Å². The molecule has 0 saturated heterocycles. The van der Waals surface area contributed by atoms with Crippen molar-refractivity contribution < 1.29 is 0 Å². The Morgan fingerprint density at radius 3 is 2.67 bits per heavy atom. The van der Waals surface area contributed by atoms with Gasteiger partial charge in [0.2, 0.25) is 0 Å². The van der Waals surface area contributed by atoms with Gasteiger partial charge in [-0.1, -0.05) is 32.6 Å². The zero-order valence-corrected chi connectivity index (χ0v) is 12.1. The molecule has 1 aliphatic carbocycles. The Morgan fingerprint density at radius 1 is 1.33 bits per heavy atom. The molecule has 1 fully saturated rings. The van der Waals surface area contributed by atoms with Gasteiger partial charge in [-0.3, -0.25) is 4.68 Å². The minimum Gasteiger partial charge on any atom is -0.313 e. The standard InChI is InChI=1S/C15H27N3/c1-12-4-6-14(7-5-12)8-9-16-10-15-11-18(3)17-13(15)2/h11-12,14,16H,4-10H2,1-3H3. The van der Waals surface area contributed by atoms with Crippen LogP contribution in [0.1, 0.15) is 50.3 Å². The number of rotatable bonds is 5. The van der Waals surface area contributed by atoms with Crippen molar-refractivity contribution in [3.05, 3.63) is 17.5 Å². The van der Waals surface area contributed by atoms with Gasteiger partial charge in [0, 0.05) is 25.4 Å². The number of nitrogens with one attached hydrogen (secondary N) is 1. The molecule has 0 spiro atoms. The van der Waals surface area contributed by atoms with E-state index in [4.69, 9.17) is 0 Å². The summed E-state index contributed by atoms with van der Waals surface area (Å²) in [6.45, 7) is 6.58. The molecule has 0 unspecified atom stereocenters. The van der Waals surface area contributed by atoms with Crippen molar-refractivity contribution in [2.75, 3.05) is 6.54 Å². The molecule has 0 aliphatic heterocycles. The lowest BCUT2D eigenvalue weighted by Crippen LogP contribution is -2.20. The average Bonchev–Trinajstić information content (AvgIpc) is 2.66. The van der Waals surface area contributed by atoms with Gasteiger partial charge >= 0.3 is 0 Å². The fourth-order valence-corrected chi connectivity index (χ4v) is 2.97. The molecule has 0 bridgehead atoms. The maximum Gasteiger partial charge on any atom is 0.0638 e. The molecule has 1 saturated carbocycles. The second-order valence-corrected chi connectivity index (χ2v) is 6.00. The molecular formula is C15H27N3. The molecule has 0 aromatic carbocycles. The molecule has 3 nitrogen and oxygen atoms in total. The fraction of sp³-hybridized carbons (Fsp3) is 0.800. The zero-order chi connectivity index (χ0) is 13.0. The Morgan fingerprint density at radius 2 is 2.06 bits per heavy atom. The van der Waals surface area contributed by atoms with Crippen molar-refractivity contribution in [1.29, 1.82) is 0 Å². The van der Waals surface area contributed by atoms with E-state index in [9.17, 15) is 0 Å². The molecule has 2 rings (SSSR count). The number of aromatic nitrogens is 2. The van der Waals surface area contributed by atoms with E-state index in [0.717, 1.165) is 30.6 Å². The molecule has 0 amide bonds. The second kappa shape index (κ2) is 6.37. The van der Waals surface area contributed by atoms with Crippen LogP contribution in [0.4, 0.5) is 0 Å². The molecule has 3 heteroatoms. The third kappa shape index (κ3) is 3.84. The predicted molar refractivity (Wildman–Crippen MR) is 75.4 cm³/mol. The Balaban J connectivity index is 1.63. The van der Waals surface area contributed by atoms with Crippen LogP contribution < -0.4 is 5.32 Å². The summed E-state index contributed by atoms with van der Waals surface area (Å²) in [4.78, 5) is 0. The lowest BCUT2D eigenvalue weighted by atomic mass is 9.81. The molecule has 1 aliphatic rings. The highest BCUT2D eigenvalue weighted by Crippen LogP contribution is 2.29. The number of aryl methyl sites for hydroxylation is 2. The maximum absolute atomic E-state index is 4.36. The molecule has 0 atom stereocenters. The highest BCUT2D eigenvalue weighted by atomic mass is 15.2. The third-order valence-corrected chi connectivity index (χ3v) is 4.30. The van der Waals surface area contributed by atoms with E-state index >= 15 is 0 Å². The van der Waals surface area contributed by atoms with E-state index < -0.39 is 0 Å². The largest absolute Gasteiger partial charge is 0.313 e. The second-order valence-electron chi connectivity index (χ2n) is 6.00. The van der Waals surface area contributed by atoms with E-state index in [1.807, 2.05) is 11.7 Å². The van der Waals surface area contributed by atoms with Crippen molar-refractivity contribution in [2.45, 2.75) is 52.5 Å². The van der Waals surface area contributed by atoms with E-state index in [0.29, 0.717) is 0 Å². The van der Waals surface area contributed by atoms with Crippen LogP contribution in [0, 0.1) is 18.8 Å². The molecule has 1 aromatic heterocycles. The van der Waals surface area contributed by atoms with Gasteiger partial charge in [0.05, 0.1) is 5.69 Å². The minimum atomic E-state index is 0.961. The summed E-state index contributed by atoms with van der Waals surface area (Å²) in [5.41, 5.74) is 2.48. The zero-order valence-electron chi connectivity index (χ0n) is 12.1. The van der Waals surface area contributed by atoms with Crippen molar-refractivity contribution >= 4 is 0 Å². The molecule has 102 valence electrons. The van der Waals surface area contributed by atoms with Gasteiger partial charge in [-0.2, -0.15) is 5.10 Å². The van der Waals surface area contributed by atoms with Crippen LogP contribution in [0.2, 0.25) is 0 Å². The van der Waals surface area contributed by atoms with Crippen LogP contribution in [0.25, 0.3) is 0 Å². The van der Waals surface area contributed by atoms with Crippen LogP contribution in [0.5, 0.6) is 0 Å². The van der Waals surface area contributed by atoms with Gasteiger partial charge in [0.15, 0.2) is 0 Å². The van der Waals surface area contributed by atoms with Crippen LogP contribution in [-0.4, -0.2) is 16.3 Å². The summed E-state index contributed by atoms with van der Waals surface area (Å²) in [5, 5.41) is 7.93. The molecular weight excluding hydrogens is 222 g/mol. The van der Waals surface area contributed by atoms with Gasteiger partial charge < -0.3 is 5.32 Å². The summed E-state index contributed by atoms with van der Waals surface area (Å²) < 4.78 is 1.90. The molecule has 0 radical (unpaired) electrons. The average molecular weight is 249 g/mol. The van der Waals surface area contributed by atoms with Gasteiger partial charge in [-0.25, -0.2) is 0 Å². The highest BCUT2D eigenvalue weighted by molar-refractivity contribution is 5.14. The van der Waals surface area contributed by atoms with E-state index in [1.54, 1.807) is 0 Å². The van der Waals surface area contributed by atoms with Crippen molar-refractivity contribution in [3.8, 4) is 0 Å². The molecule has 18 heavy (non-hydrogen) atoms. The first-order chi connectivity index (χ1) is 8.65. The topological polar surface area (TPSA) is 29.9 Å². The Kier molecular flexibility index (Phi) is 4.81. The van der Waals surface area contributed by atoms with E-state index in [2.05, 4.69) is 30.5 Å². The summed E-state index contributed by atoms with van der Waals surface area (Å²) in [6.07, 6.45) is 9.21. The maximum atomic E-state index is 4.36. The van der Waals surface area contributed by atoms with Crippen LogP contribution >= 0.6 is 0 Å². The number of hydrogen-bond donors (Lipinski definition) is 1. The summed E-state index contributed by atoms with van der Waals surface area (Å²) in [5.74, 6) is 1.93.